The molecule has 0 saturated heterocycles. The van der Waals surface area contributed by atoms with Crippen molar-refractivity contribution < 1.29 is 9.47 Å². The van der Waals surface area contributed by atoms with Gasteiger partial charge in [-0.3, -0.25) is 4.90 Å². The lowest BCUT2D eigenvalue weighted by atomic mass is 10.1. The lowest BCUT2D eigenvalue weighted by Crippen LogP contribution is -2.40. The van der Waals surface area contributed by atoms with E-state index >= 15 is 0 Å². The SMILES string of the molecule is CCCCC/C=C\C/C=C\CCCCCCCCOCC(COCCCCCCCC/C=C/C/C=C/CCCCC)N(C)CCCN(C)C. The highest BCUT2D eigenvalue weighted by molar-refractivity contribution is 4.93. The molecule has 4 heteroatoms. The molecule has 0 amide bonds. The van der Waals surface area contributed by atoms with Gasteiger partial charge in [-0.05, 0) is 118 Å². The van der Waals surface area contributed by atoms with Crippen LogP contribution in [0.5, 0.6) is 0 Å². The van der Waals surface area contributed by atoms with Gasteiger partial charge in [-0.1, -0.05) is 140 Å². The summed E-state index contributed by atoms with van der Waals surface area (Å²) < 4.78 is 12.4. The molecule has 0 fully saturated rings. The highest BCUT2D eigenvalue weighted by atomic mass is 16.5. The maximum atomic E-state index is 6.20. The van der Waals surface area contributed by atoms with Gasteiger partial charge < -0.3 is 14.4 Å². The van der Waals surface area contributed by atoms with Crippen LogP contribution in [0.25, 0.3) is 0 Å². The standard InChI is InChI=1S/C45H86N2O2/c1-6-8-10-12-14-16-18-20-22-24-26-28-30-32-34-36-41-48-43-45(47(5)40-38-39-46(3)4)44-49-42-37-35-33-31-29-27-25-23-21-19-17-15-13-11-9-7-2/h14-17,20-23,45H,6-13,18-19,24-44H2,1-5H3/b16-14-,17-15+,22-20-,23-21+. The van der Waals surface area contributed by atoms with Crippen molar-refractivity contribution in [2.45, 2.75) is 180 Å². The van der Waals surface area contributed by atoms with Crippen LogP contribution in [0.15, 0.2) is 48.6 Å². The average molecular weight is 687 g/mol. The lowest BCUT2D eigenvalue weighted by molar-refractivity contribution is 0.0111. The summed E-state index contributed by atoms with van der Waals surface area (Å²) in [4.78, 5) is 4.73. The molecule has 0 heterocycles. The summed E-state index contributed by atoms with van der Waals surface area (Å²) in [7, 11) is 6.56. The Balaban J connectivity index is 3.90. The average Bonchev–Trinajstić information content (AvgIpc) is 3.09. The van der Waals surface area contributed by atoms with Gasteiger partial charge in [0.25, 0.3) is 0 Å². The van der Waals surface area contributed by atoms with Gasteiger partial charge >= 0.3 is 0 Å². The normalized spacial score (nSPS) is 13.2. The molecule has 0 bridgehead atoms. The minimum absolute atomic E-state index is 0.344. The third-order valence-corrected chi connectivity index (χ3v) is 9.34. The Bertz CT molecular complexity index is 692. The van der Waals surface area contributed by atoms with Gasteiger partial charge in [-0.25, -0.2) is 0 Å². The van der Waals surface area contributed by atoms with Crippen LogP contribution in [0.1, 0.15) is 174 Å². The Morgan fingerprint density at radius 2 is 0.776 bits per heavy atom. The van der Waals surface area contributed by atoms with E-state index in [9.17, 15) is 0 Å². The second-order valence-electron chi connectivity index (χ2n) is 14.6. The van der Waals surface area contributed by atoms with Crippen molar-refractivity contribution in [1.29, 1.82) is 0 Å². The Labute approximate surface area is 308 Å². The van der Waals surface area contributed by atoms with Crippen LogP contribution in [0.4, 0.5) is 0 Å². The summed E-state index contributed by atoms with van der Waals surface area (Å²) in [6.45, 7) is 10.1. The van der Waals surface area contributed by atoms with E-state index in [1.54, 1.807) is 0 Å². The maximum Gasteiger partial charge on any atom is 0.0644 e. The van der Waals surface area contributed by atoms with Gasteiger partial charge in [-0.15, -0.1) is 0 Å². The molecule has 288 valence electrons. The van der Waals surface area contributed by atoms with Gasteiger partial charge in [0.05, 0.1) is 19.3 Å². The van der Waals surface area contributed by atoms with E-state index in [2.05, 4.69) is 93.4 Å². The predicted molar refractivity (Wildman–Crippen MR) is 220 cm³/mol. The number of hydrogen-bond acceptors (Lipinski definition) is 4. The highest BCUT2D eigenvalue weighted by Crippen LogP contribution is 2.11. The van der Waals surface area contributed by atoms with E-state index < -0.39 is 0 Å². The molecule has 4 nitrogen and oxygen atoms in total. The molecule has 0 aliphatic carbocycles. The summed E-state index contributed by atoms with van der Waals surface area (Å²) in [5.41, 5.74) is 0. The van der Waals surface area contributed by atoms with Crippen molar-refractivity contribution in [3.63, 3.8) is 0 Å². The van der Waals surface area contributed by atoms with Crippen molar-refractivity contribution in [3.05, 3.63) is 48.6 Å². The largest absolute Gasteiger partial charge is 0.380 e. The molecule has 49 heavy (non-hydrogen) atoms. The van der Waals surface area contributed by atoms with Crippen molar-refractivity contribution >= 4 is 0 Å². The number of rotatable bonds is 39. The maximum absolute atomic E-state index is 6.20. The molecule has 0 radical (unpaired) electrons. The van der Waals surface area contributed by atoms with Gasteiger partial charge in [0, 0.05) is 13.2 Å². The summed E-state index contributed by atoms with van der Waals surface area (Å²) in [6, 6.07) is 0.344. The van der Waals surface area contributed by atoms with Crippen LogP contribution < -0.4 is 0 Å². The van der Waals surface area contributed by atoms with E-state index in [-0.39, 0.29) is 0 Å². The van der Waals surface area contributed by atoms with Crippen molar-refractivity contribution in [3.8, 4) is 0 Å². The first-order chi connectivity index (χ1) is 24.1. The Morgan fingerprint density at radius 1 is 0.408 bits per heavy atom. The summed E-state index contributed by atoms with van der Waals surface area (Å²) in [5, 5.41) is 0. The first kappa shape index (κ1) is 47.8. The van der Waals surface area contributed by atoms with E-state index in [0.29, 0.717) is 6.04 Å². The first-order valence-electron chi connectivity index (χ1n) is 21.2. The molecule has 0 aliphatic heterocycles. The molecule has 0 N–H and O–H groups in total. The zero-order valence-electron chi connectivity index (χ0n) is 33.8. The minimum Gasteiger partial charge on any atom is -0.380 e. The third-order valence-electron chi connectivity index (χ3n) is 9.34. The predicted octanol–water partition coefficient (Wildman–Crippen LogP) is 12.9. The molecule has 0 aromatic heterocycles. The molecule has 0 rings (SSSR count). The summed E-state index contributed by atoms with van der Waals surface area (Å²) >= 11 is 0. The Hall–Kier alpha value is -1.20. The van der Waals surface area contributed by atoms with Gasteiger partial charge in [-0.2, -0.15) is 0 Å². The quantitative estimate of drug-likeness (QED) is 0.0475. The van der Waals surface area contributed by atoms with Crippen molar-refractivity contribution in [2.24, 2.45) is 0 Å². The van der Waals surface area contributed by atoms with Crippen LogP contribution in [0, 0.1) is 0 Å². The van der Waals surface area contributed by atoms with E-state index in [1.807, 2.05) is 0 Å². The second kappa shape index (κ2) is 41.2. The van der Waals surface area contributed by atoms with E-state index in [1.165, 1.54) is 148 Å². The Kier molecular flexibility index (Phi) is 40.2. The number of ether oxygens (including phenoxy) is 2. The smallest absolute Gasteiger partial charge is 0.0644 e. The van der Waals surface area contributed by atoms with Crippen molar-refractivity contribution in [1.82, 2.24) is 9.80 Å². The molecule has 0 spiro atoms. The molecule has 0 saturated carbocycles. The van der Waals surface area contributed by atoms with Crippen LogP contribution in [-0.2, 0) is 9.47 Å². The number of unbranched alkanes of at least 4 members (excludes halogenated alkanes) is 18. The number of hydrogen-bond donors (Lipinski definition) is 0. The van der Waals surface area contributed by atoms with E-state index in [4.69, 9.17) is 9.47 Å². The van der Waals surface area contributed by atoms with Crippen LogP contribution in [0.3, 0.4) is 0 Å². The van der Waals surface area contributed by atoms with Crippen molar-refractivity contribution in [2.75, 3.05) is 60.7 Å². The monoisotopic (exact) mass is 687 g/mol. The molecule has 0 aliphatic rings. The zero-order valence-corrected chi connectivity index (χ0v) is 33.8. The molecule has 1 atom stereocenters. The third kappa shape index (κ3) is 39.4. The number of allylic oxidation sites excluding steroid dienone is 8. The molecular formula is C45H86N2O2. The van der Waals surface area contributed by atoms with Crippen LogP contribution in [-0.4, -0.2) is 76.5 Å². The lowest BCUT2D eigenvalue weighted by Gasteiger charge is -2.28. The van der Waals surface area contributed by atoms with Crippen LogP contribution in [0.2, 0.25) is 0 Å². The number of nitrogens with zero attached hydrogens (tertiary/aromatic N) is 2. The van der Waals surface area contributed by atoms with Crippen LogP contribution >= 0.6 is 0 Å². The zero-order chi connectivity index (χ0) is 35.7. The number of likely N-dealkylation sites (N-methyl/N-ethyl adjacent to an activating group) is 1. The highest BCUT2D eigenvalue weighted by Gasteiger charge is 2.15. The molecule has 0 aromatic rings. The summed E-state index contributed by atoms with van der Waals surface area (Å²) in [5.74, 6) is 0. The minimum atomic E-state index is 0.344. The molecule has 1 unspecified atom stereocenters. The second-order valence-corrected chi connectivity index (χ2v) is 14.6. The Morgan fingerprint density at radius 3 is 1.16 bits per heavy atom. The first-order valence-corrected chi connectivity index (χ1v) is 21.2. The fourth-order valence-electron chi connectivity index (χ4n) is 5.94. The van der Waals surface area contributed by atoms with Gasteiger partial charge in [0.15, 0.2) is 0 Å². The van der Waals surface area contributed by atoms with Gasteiger partial charge in [0.2, 0.25) is 0 Å². The molecular weight excluding hydrogens is 601 g/mol. The fraction of sp³-hybridized carbons (Fsp3) is 0.822. The molecule has 0 aromatic carbocycles. The topological polar surface area (TPSA) is 24.9 Å². The van der Waals surface area contributed by atoms with E-state index in [0.717, 1.165) is 52.4 Å². The van der Waals surface area contributed by atoms with Gasteiger partial charge in [0.1, 0.15) is 0 Å². The summed E-state index contributed by atoms with van der Waals surface area (Å²) in [6.07, 6.45) is 50.7. The fourth-order valence-corrected chi connectivity index (χ4v) is 5.94.